The molecule has 3 rings (SSSR count). The molecule has 1 aliphatic heterocycles. The molecule has 0 spiro atoms. The molecule has 0 aromatic heterocycles. The van der Waals surface area contributed by atoms with Crippen LogP contribution in [0.5, 0.6) is 0 Å². The van der Waals surface area contributed by atoms with Gasteiger partial charge in [0.1, 0.15) is 0 Å². The summed E-state index contributed by atoms with van der Waals surface area (Å²) in [5.41, 5.74) is 0.992. The zero-order valence-electron chi connectivity index (χ0n) is 14.5. The van der Waals surface area contributed by atoms with Crippen LogP contribution in [0.3, 0.4) is 0 Å². The van der Waals surface area contributed by atoms with E-state index in [9.17, 15) is 13.2 Å². The lowest BCUT2D eigenvalue weighted by atomic mass is 9.93. The van der Waals surface area contributed by atoms with Crippen LogP contribution in [0.15, 0.2) is 29.2 Å². The number of benzene rings is 1. The summed E-state index contributed by atoms with van der Waals surface area (Å²) in [6.07, 6.45) is 5.49. The first-order valence-corrected chi connectivity index (χ1v) is 10.8. The Balaban J connectivity index is 1.82. The highest BCUT2D eigenvalue weighted by atomic mass is 35.5. The number of sulfonamides is 1. The summed E-state index contributed by atoms with van der Waals surface area (Å²) in [6, 6.07) is 6.57. The normalized spacial score (nSPS) is 23.8. The largest absolute Gasteiger partial charge is 0.337 e. The smallest absolute Gasteiger partial charge is 0.243 e. The van der Waals surface area contributed by atoms with Crippen LogP contribution in [0.4, 0.5) is 0 Å². The Hall–Kier alpha value is -1.11. The van der Waals surface area contributed by atoms with E-state index in [1.165, 1.54) is 10.7 Å². The fourth-order valence-corrected chi connectivity index (χ4v) is 5.68. The second-order valence-electron chi connectivity index (χ2n) is 7.01. The van der Waals surface area contributed by atoms with Crippen molar-refractivity contribution in [1.29, 1.82) is 0 Å². The number of carbonyl (C=O) groups excluding carboxylic acids is 1. The van der Waals surface area contributed by atoms with Crippen LogP contribution in [0.25, 0.3) is 0 Å². The first-order chi connectivity index (χ1) is 11.9. The average molecular weight is 385 g/mol. The zero-order valence-corrected chi connectivity index (χ0v) is 16.1. The molecule has 1 aromatic carbocycles. The fraction of sp³-hybridized carbons (Fsp3) is 0.611. The summed E-state index contributed by atoms with van der Waals surface area (Å²) in [7, 11) is -3.73. The van der Waals surface area contributed by atoms with Gasteiger partial charge >= 0.3 is 0 Å². The Morgan fingerprint density at radius 2 is 1.76 bits per heavy atom. The van der Waals surface area contributed by atoms with E-state index < -0.39 is 10.0 Å². The number of carbonyl (C=O) groups is 1. The highest BCUT2D eigenvalue weighted by Gasteiger charge is 2.41. The van der Waals surface area contributed by atoms with Gasteiger partial charge in [-0.05, 0) is 31.9 Å². The molecule has 1 aromatic rings. The minimum absolute atomic E-state index is 0.107. The van der Waals surface area contributed by atoms with Crippen molar-refractivity contribution in [3.8, 4) is 0 Å². The molecular weight excluding hydrogens is 360 g/mol. The lowest BCUT2D eigenvalue weighted by Gasteiger charge is -2.43. The zero-order chi connectivity index (χ0) is 18.0. The molecule has 1 unspecified atom stereocenters. The average Bonchev–Trinajstić information content (AvgIpc) is 2.62. The molecule has 1 amide bonds. The summed E-state index contributed by atoms with van der Waals surface area (Å²) in [6.45, 7) is 2.17. The molecule has 0 bridgehead atoms. The van der Waals surface area contributed by atoms with E-state index in [-0.39, 0.29) is 35.3 Å². The molecule has 1 aliphatic carbocycles. The van der Waals surface area contributed by atoms with E-state index in [2.05, 4.69) is 0 Å². The van der Waals surface area contributed by atoms with Gasteiger partial charge in [-0.25, -0.2) is 8.42 Å². The van der Waals surface area contributed by atoms with E-state index in [0.717, 1.165) is 31.2 Å². The number of halogens is 1. The molecule has 138 valence electrons. The fourth-order valence-electron chi connectivity index (χ4n) is 3.77. The third kappa shape index (κ3) is 3.86. The van der Waals surface area contributed by atoms with Gasteiger partial charge in [-0.15, -0.1) is 11.6 Å². The first kappa shape index (κ1) is 18.7. The number of piperazine rings is 1. The summed E-state index contributed by atoms with van der Waals surface area (Å²) < 4.78 is 27.3. The molecule has 1 atom stereocenters. The van der Waals surface area contributed by atoms with Crippen molar-refractivity contribution in [3.05, 3.63) is 29.8 Å². The molecule has 5 nitrogen and oxygen atoms in total. The van der Waals surface area contributed by atoms with Gasteiger partial charge in [0.25, 0.3) is 0 Å². The van der Waals surface area contributed by atoms with Gasteiger partial charge in [-0.2, -0.15) is 4.31 Å². The highest BCUT2D eigenvalue weighted by molar-refractivity contribution is 7.89. The van der Waals surface area contributed by atoms with Crippen LogP contribution < -0.4 is 0 Å². The number of hydrogen-bond donors (Lipinski definition) is 0. The van der Waals surface area contributed by atoms with E-state index in [0.29, 0.717) is 6.54 Å². The second-order valence-corrected chi connectivity index (χ2v) is 9.21. The Bertz CT molecular complexity index is 714. The molecule has 0 radical (unpaired) electrons. The van der Waals surface area contributed by atoms with Crippen molar-refractivity contribution in [1.82, 2.24) is 9.21 Å². The summed E-state index contributed by atoms with van der Waals surface area (Å²) >= 11 is 6.10. The number of hydrogen-bond acceptors (Lipinski definition) is 3. The van der Waals surface area contributed by atoms with E-state index in [1.807, 2.05) is 11.8 Å². The van der Waals surface area contributed by atoms with Crippen molar-refractivity contribution in [2.45, 2.75) is 56.0 Å². The van der Waals surface area contributed by atoms with Crippen molar-refractivity contribution < 1.29 is 13.2 Å². The van der Waals surface area contributed by atoms with Gasteiger partial charge in [0.15, 0.2) is 0 Å². The van der Waals surface area contributed by atoms with Crippen molar-refractivity contribution >= 4 is 27.5 Å². The Morgan fingerprint density at radius 1 is 1.12 bits per heavy atom. The molecular formula is C18H25ClN2O3S. The maximum Gasteiger partial charge on any atom is 0.243 e. The summed E-state index contributed by atoms with van der Waals surface area (Å²) in [5.74, 6) is 0.0747. The van der Waals surface area contributed by atoms with Crippen molar-refractivity contribution in [2.24, 2.45) is 0 Å². The Labute approximate surface area is 155 Å². The molecule has 2 fully saturated rings. The maximum absolute atomic E-state index is 13.0. The minimum Gasteiger partial charge on any atom is -0.337 e. The molecule has 0 N–H and O–H groups in total. The molecule has 7 heteroatoms. The molecule has 1 saturated heterocycles. The quantitative estimate of drug-likeness (QED) is 0.750. The number of amides is 1. The standard InChI is InChI=1S/C18H25ClN2O3S/c1-14-7-9-17(10-8-14)25(23,24)21-13-18(22)20(12-16(21)11-19)15-5-3-2-4-6-15/h7-10,15-16H,2-6,11-13H2,1H3. The van der Waals surface area contributed by atoms with Gasteiger partial charge in [-0.1, -0.05) is 37.0 Å². The predicted molar refractivity (Wildman–Crippen MR) is 98.2 cm³/mol. The highest BCUT2D eigenvalue weighted by Crippen LogP contribution is 2.28. The van der Waals surface area contributed by atoms with Crippen LogP contribution in [0.2, 0.25) is 0 Å². The number of alkyl halides is 1. The van der Waals surface area contributed by atoms with Crippen molar-refractivity contribution in [3.63, 3.8) is 0 Å². The van der Waals surface area contributed by atoms with Gasteiger partial charge < -0.3 is 4.90 Å². The summed E-state index contributed by atoms with van der Waals surface area (Å²) in [4.78, 5) is 14.8. The van der Waals surface area contributed by atoms with Gasteiger partial charge in [0.2, 0.25) is 15.9 Å². The van der Waals surface area contributed by atoms with Crippen LogP contribution in [-0.4, -0.2) is 54.6 Å². The van der Waals surface area contributed by atoms with Crippen LogP contribution >= 0.6 is 11.6 Å². The topological polar surface area (TPSA) is 57.7 Å². The lowest BCUT2D eigenvalue weighted by Crippen LogP contribution is -2.61. The maximum atomic E-state index is 13.0. The third-order valence-corrected chi connectivity index (χ3v) is 7.52. The van der Waals surface area contributed by atoms with Crippen LogP contribution in [0.1, 0.15) is 37.7 Å². The first-order valence-electron chi connectivity index (χ1n) is 8.87. The molecule has 2 aliphatic rings. The van der Waals surface area contributed by atoms with Gasteiger partial charge in [0.05, 0.1) is 17.5 Å². The molecule has 1 saturated carbocycles. The van der Waals surface area contributed by atoms with Crippen molar-refractivity contribution in [2.75, 3.05) is 19.0 Å². The van der Waals surface area contributed by atoms with E-state index >= 15 is 0 Å². The molecule has 25 heavy (non-hydrogen) atoms. The number of nitrogens with zero attached hydrogens (tertiary/aromatic N) is 2. The van der Waals surface area contributed by atoms with Crippen LogP contribution in [-0.2, 0) is 14.8 Å². The van der Waals surface area contributed by atoms with Crippen LogP contribution in [0, 0.1) is 6.92 Å². The lowest BCUT2D eigenvalue weighted by molar-refractivity contribution is -0.139. The van der Waals surface area contributed by atoms with Gasteiger partial charge in [-0.3, -0.25) is 4.79 Å². The Morgan fingerprint density at radius 3 is 2.36 bits per heavy atom. The Kier molecular flexibility index (Phi) is 5.71. The third-order valence-electron chi connectivity index (χ3n) is 5.25. The second kappa shape index (κ2) is 7.64. The predicted octanol–water partition coefficient (Wildman–Crippen LogP) is 2.77. The van der Waals surface area contributed by atoms with E-state index in [4.69, 9.17) is 11.6 Å². The molecule has 1 heterocycles. The number of aryl methyl sites for hydroxylation is 1. The monoisotopic (exact) mass is 384 g/mol. The minimum atomic E-state index is -3.73. The SMILES string of the molecule is Cc1ccc(S(=O)(=O)N2CC(=O)N(C3CCCCC3)CC2CCl)cc1. The number of rotatable bonds is 4. The summed E-state index contributed by atoms with van der Waals surface area (Å²) in [5, 5.41) is 0. The van der Waals surface area contributed by atoms with Gasteiger partial charge in [0, 0.05) is 18.5 Å². The van der Waals surface area contributed by atoms with E-state index in [1.54, 1.807) is 24.3 Å².